The fraction of sp³-hybridized carbons (Fsp3) is 0.600. The predicted octanol–water partition coefficient (Wildman–Crippen LogP) is 4.52. The second kappa shape index (κ2) is 6.19. The van der Waals surface area contributed by atoms with E-state index in [-0.39, 0.29) is 0 Å². The van der Waals surface area contributed by atoms with Crippen molar-refractivity contribution in [2.75, 3.05) is 0 Å². The van der Waals surface area contributed by atoms with E-state index in [9.17, 15) is 0 Å². The minimum atomic E-state index is 0.461. The second-order valence-corrected chi connectivity index (χ2v) is 6.52. The van der Waals surface area contributed by atoms with Crippen LogP contribution in [0.5, 0.6) is 0 Å². The molecule has 0 radical (unpaired) electrons. The van der Waals surface area contributed by atoms with Gasteiger partial charge in [0.05, 0.1) is 0 Å². The summed E-state index contributed by atoms with van der Waals surface area (Å²) >= 11 is 2.36. The van der Waals surface area contributed by atoms with Crippen LogP contribution >= 0.6 is 22.6 Å². The fourth-order valence-electron chi connectivity index (χ4n) is 2.84. The Balaban J connectivity index is 1.91. The monoisotopic (exact) mass is 343 g/mol. The van der Waals surface area contributed by atoms with Gasteiger partial charge in [-0.15, -0.1) is 0 Å². The summed E-state index contributed by atoms with van der Waals surface area (Å²) in [6.07, 6.45) is 5.67. The summed E-state index contributed by atoms with van der Waals surface area (Å²) in [5.41, 5.74) is 1.40. The molecular formula is C15H22IN. The van der Waals surface area contributed by atoms with E-state index in [4.69, 9.17) is 0 Å². The van der Waals surface area contributed by atoms with E-state index in [0.717, 1.165) is 5.92 Å². The van der Waals surface area contributed by atoms with E-state index in [1.54, 1.807) is 0 Å². The second-order valence-electron chi connectivity index (χ2n) is 5.27. The van der Waals surface area contributed by atoms with E-state index in [0.29, 0.717) is 12.1 Å². The summed E-state index contributed by atoms with van der Waals surface area (Å²) in [5, 5.41) is 3.76. The average molecular weight is 343 g/mol. The largest absolute Gasteiger partial charge is 0.307 e. The van der Waals surface area contributed by atoms with Gasteiger partial charge in [-0.05, 0) is 72.9 Å². The van der Waals surface area contributed by atoms with Crippen molar-refractivity contribution in [3.8, 4) is 0 Å². The molecule has 1 fully saturated rings. The highest BCUT2D eigenvalue weighted by Gasteiger charge is 2.22. The number of hydrogen-bond acceptors (Lipinski definition) is 1. The highest BCUT2D eigenvalue weighted by Crippen LogP contribution is 2.28. The molecule has 1 aliphatic rings. The zero-order valence-corrected chi connectivity index (χ0v) is 12.9. The summed E-state index contributed by atoms with van der Waals surface area (Å²) < 4.78 is 1.31. The lowest BCUT2D eigenvalue weighted by atomic mass is 9.98. The molecule has 2 atom stereocenters. The molecule has 0 heterocycles. The molecule has 1 aliphatic carbocycles. The van der Waals surface area contributed by atoms with Crippen molar-refractivity contribution in [3.63, 3.8) is 0 Å². The van der Waals surface area contributed by atoms with Gasteiger partial charge >= 0.3 is 0 Å². The molecule has 1 nitrogen and oxygen atoms in total. The van der Waals surface area contributed by atoms with Crippen LogP contribution in [0.1, 0.15) is 51.1 Å². The third-order valence-electron chi connectivity index (χ3n) is 3.99. The maximum atomic E-state index is 3.76. The zero-order chi connectivity index (χ0) is 12.3. The highest BCUT2D eigenvalue weighted by molar-refractivity contribution is 14.1. The maximum absolute atomic E-state index is 3.76. The molecule has 1 N–H and O–H groups in total. The van der Waals surface area contributed by atoms with Gasteiger partial charge in [0.1, 0.15) is 0 Å². The van der Waals surface area contributed by atoms with Crippen LogP contribution < -0.4 is 5.32 Å². The van der Waals surface area contributed by atoms with Gasteiger partial charge in [0.2, 0.25) is 0 Å². The van der Waals surface area contributed by atoms with Crippen LogP contribution in [-0.2, 0) is 0 Å². The van der Waals surface area contributed by atoms with Crippen LogP contribution in [0.2, 0.25) is 0 Å². The van der Waals surface area contributed by atoms with Crippen LogP contribution in [0, 0.1) is 9.49 Å². The number of rotatable bonds is 4. The van der Waals surface area contributed by atoms with Crippen molar-refractivity contribution in [2.45, 2.75) is 51.6 Å². The van der Waals surface area contributed by atoms with Gasteiger partial charge in [0.25, 0.3) is 0 Å². The van der Waals surface area contributed by atoms with Crippen LogP contribution in [0.3, 0.4) is 0 Å². The zero-order valence-electron chi connectivity index (χ0n) is 10.7. The minimum absolute atomic E-state index is 0.461. The van der Waals surface area contributed by atoms with Crippen LogP contribution in [-0.4, -0.2) is 6.04 Å². The molecule has 1 saturated carbocycles. The van der Waals surface area contributed by atoms with E-state index in [1.165, 1.54) is 34.8 Å². The van der Waals surface area contributed by atoms with Gasteiger partial charge in [-0.1, -0.05) is 25.0 Å². The Morgan fingerprint density at radius 2 is 1.71 bits per heavy atom. The minimum Gasteiger partial charge on any atom is -0.307 e. The van der Waals surface area contributed by atoms with Crippen LogP contribution in [0.25, 0.3) is 0 Å². The Kier molecular flexibility index (Phi) is 4.86. The van der Waals surface area contributed by atoms with Gasteiger partial charge in [0, 0.05) is 15.7 Å². The summed E-state index contributed by atoms with van der Waals surface area (Å²) in [7, 11) is 0. The first kappa shape index (κ1) is 13.3. The van der Waals surface area contributed by atoms with Gasteiger partial charge in [-0.3, -0.25) is 0 Å². The number of nitrogens with one attached hydrogen (secondary N) is 1. The molecule has 2 rings (SSSR count). The van der Waals surface area contributed by atoms with Gasteiger partial charge in [0.15, 0.2) is 0 Å². The topological polar surface area (TPSA) is 12.0 Å². The Morgan fingerprint density at radius 1 is 1.12 bits per heavy atom. The molecule has 17 heavy (non-hydrogen) atoms. The van der Waals surface area contributed by atoms with Gasteiger partial charge < -0.3 is 5.32 Å². The number of hydrogen-bond donors (Lipinski definition) is 1. The van der Waals surface area contributed by atoms with E-state index >= 15 is 0 Å². The maximum Gasteiger partial charge on any atom is 0.0294 e. The lowest BCUT2D eigenvalue weighted by Gasteiger charge is -2.25. The normalized spacial score (nSPS) is 20.4. The molecule has 2 unspecified atom stereocenters. The summed E-state index contributed by atoms with van der Waals surface area (Å²) in [6.45, 7) is 4.62. The third-order valence-corrected chi connectivity index (χ3v) is 4.71. The Bertz CT molecular complexity index is 340. The van der Waals surface area contributed by atoms with E-state index in [1.807, 2.05) is 0 Å². The lowest BCUT2D eigenvalue weighted by molar-refractivity contribution is 0.352. The van der Waals surface area contributed by atoms with E-state index in [2.05, 4.69) is 66.0 Å². The molecule has 0 aromatic heterocycles. The fourth-order valence-corrected chi connectivity index (χ4v) is 3.20. The predicted molar refractivity (Wildman–Crippen MR) is 82.1 cm³/mol. The van der Waals surface area contributed by atoms with Crippen LogP contribution in [0.4, 0.5) is 0 Å². The Morgan fingerprint density at radius 3 is 2.29 bits per heavy atom. The number of benzene rings is 1. The SMILES string of the molecule is CC(NC(C)C1CCCC1)c1ccc(I)cc1. The summed E-state index contributed by atoms with van der Waals surface area (Å²) in [5.74, 6) is 0.890. The third kappa shape index (κ3) is 3.68. The van der Waals surface area contributed by atoms with Crippen molar-refractivity contribution >= 4 is 22.6 Å². The number of halogens is 1. The molecule has 0 spiro atoms. The van der Waals surface area contributed by atoms with Crippen molar-refractivity contribution in [2.24, 2.45) is 5.92 Å². The quantitative estimate of drug-likeness (QED) is 0.793. The van der Waals surface area contributed by atoms with Crippen molar-refractivity contribution < 1.29 is 0 Å². The molecule has 1 aromatic carbocycles. The molecule has 0 aliphatic heterocycles. The summed E-state index contributed by atoms with van der Waals surface area (Å²) in [4.78, 5) is 0. The van der Waals surface area contributed by atoms with Gasteiger partial charge in [-0.2, -0.15) is 0 Å². The van der Waals surface area contributed by atoms with Crippen molar-refractivity contribution in [1.29, 1.82) is 0 Å². The Labute approximate surface area is 119 Å². The molecule has 2 heteroatoms. The molecule has 0 saturated heterocycles. The highest BCUT2D eigenvalue weighted by atomic mass is 127. The molecule has 0 bridgehead atoms. The average Bonchev–Trinajstić information content (AvgIpc) is 2.83. The van der Waals surface area contributed by atoms with Crippen molar-refractivity contribution in [3.05, 3.63) is 33.4 Å². The van der Waals surface area contributed by atoms with E-state index < -0.39 is 0 Å². The lowest BCUT2D eigenvalue weighted by Crippen LogP contribution is -2.34. The first-order chi connectivity index (χ1) is 8.16. The molecule has 94 valence electrons. The molecule has 1 aromatic rings. The first-order valence-corrected chi connectivity index (χ1v) is 7.76. The Hall–Kier alpha value is -0.0900. The molecular weight excluding hydrogens is 321 g/mol. The van der Waals surface area contributed by atoms with Gasteiger partial charge in [-0.25, -0.2) is 0 Å². The van der Waals surface area contributed by atoms with Crippen molar-refractivity contribution in [1.82, 2.24) is 5.32 Å². The first-order valence-electron chi connectivity index (χ1n) is 6.68. The standard InChI is InChI=1S/C15H22IN/c1-11(13-5-3-4-6-13)17-12(2)14-7-9-15(16)10-8-14/h7-13,17H,3-6H2,1-2H3. The van der Waals surface area contributed by atoms with Crippen LogP contribution in [0.15, 0.2) is 24.3 Å². The molecule has 0 amide bonds. The smallest absolute Gasteiger partial charge is 0.0294 e. The summed E-state index contributed by atoms with van der Waals surface area (Å²) in [6, 6.07) is 9.96.